The van der Waals surface area contributed by atoms with Crippen molar-refractivity contribution in [2.75, 3.05) is 13.6 Å². The zero-order valence-corrected chi connectivity index (χ0v) is 10.9. The maximum absolute atomic E-state index is 5.98. The monoisotopic (exact) mass is 246 g/mol. The number of hydrogen-bond donors (Lipinski definition) is 1. The number of fused-ring (bicyclic) bond motifs is 1. The molecule has 1 saturated carbocycles. The zero-order valence-electron chi connectivity index (χ0n) is 10.1. The minimum atomic E-state index is 0.374. The summed E-state index contributed by atoms with van der Waals surface area (Å²) in [6.45, 7) is 0.702. The summed E-state index contributed by atoms with van der Waals surface area (Å²) in [5, 5.41) is 3.65. The molecule has 2 aromatic rings. The molecule has 1 aliphatic rings. The molecule has 2 nitrogen and oxygen atoms in total. The molecule has 17 heavy (non-hydrogen) atoms. The van der Waals surface area contributed by atoms with Crippen LogP contribution in [0.1, 0.15) is 24.4 Å². The highest BCUT2D eigenvalue weighted by Gasteiger charge is 2.31. The van der Waals surface area contributed by atoms with Crippen LogP contribution >= 0.6 is 11.3 Å². The van der Waals surface area contributed by atoms with E-state index >= 15 is 0 Å². The topological polar surface area (TPSA) is 29.3 Å². The summed E-state index contributed by atoms with van der Waals surface area (Å²) in [4.78, 5) is 2.45. The Bertz CT molecular complexity index is 516. The van der Waals surface area contributed by atoms with Crippen molar-refractivity contribution < 1.29 is 0 Å². The molecule has 0 aliphatic heterocycles. The summed E-state index contributed by atoms with van der Waals surface area (Å²) in [6.07, 6.45) is 2.66. The van der Waals surface area contributed by atoms with E-state index < -0.39 is 0 Å². The van der Waals surface area contributed by atoms with E-state index in [2.05, 4.69) is 41.6 Å². The van der Waals surface area contributed by atoms with Crippen molar-refractivity contribution in [1.82, 2.24) is 4.90 Å². The fourth-order valence-corrected chi connectivity index (χ4v) is 3.51. The fraction of sp³-hybridized carbons (Fsp3) is 0.429. The highest BCUT2D eigenvalue weighted by molar-refractivity contribution is 7.17. The molecule has 1 unspecified atom stereocenters. The van der Waals surface area contributed by atoms with Gasteiger partial charge in [0.2, 0.25) is 0 Å². The Balaban J connectivity index is 2.00. The molecule has 1 aromatic heterocycles. The van der Waals surface area contributed by atoms with Gasteiger partial charge in [-0.1, -0.05) is 18.2 Å². The first-order chi connectivity index (χ1) is 8.31. The molecule has 90 valence electrons. The molecule has 1 aliphatic carbocycles. The van der Waals surface area contributed by atoms with E-state index in [1.807, 2.05) is 11.3 Å². The van der Waals surface area contributed by atoms with Gasteiger partial charge in [-0.3, -0.25) is 4.90 Å². The second kappa shape index (κ2) is 4.41. The predicted octanol–water partition coefficient (Wildman–Crippen LogP) is 3.00. The van der Waals surface area contributed by atoms with Gasteiger partial charge in [0.05, 0.1) is 0 Å². The second-order valence-corrected chi connectivity index (χ2v) is 5.75. The number of nitrogens with two attached hydrogens (primary N) is 1. The summed E-state index contributed by atoms with van der Waals surface area (Å²) in [5.74, 6) is 0. The van der Waals surface area contributed by atoms with Crippen molar-refractivity contribution in [3.05, 3.63) is 35.2 Å². The van der Waals surface area contributed by atoms with Crippen LogP contribution in [0.15, 0.2) is 29.6 Å². The van der Waals surface area contributed by atoms with Gasteiger partial charge in [-0.05, 0) is 42.3 Å². The first kappa shape index (κ1) is 11.2. The Morgan fingerprint density at radius 2 is 2.18 bits per heavy atom. The Hall–Kier alpha value is -0.900. The van der Waals surface area contributed by atoms with Gasteiger partial charge in [-0.25, -0.2) is 0 Å². The maximum Gasteiger partial charge on any atom is 0.0484 e. The van der Waals surface area contributed by atoms with Crippen LogP contribution in [0.25, 0.3) is 10.1 Å². The van der Waals surface area contributed by atoms with Crippen LogP contribution in [0, 0.1) is 0 Å². The molecule has 3 rings (SSSR count). The molecule has 1 atom stereocenters. The van der Waals surface area contributed by atoms with Gasteiger partial charge in [0.25, 0.3) is 0 Å². The Morgan fingerprint density at radius 1 is 1.41 bits per heavy atom. The highest BCUT2D eigenvalue weighted by Crippen LogP contribution is 2.37. The molecule has 3 heteroatoms. The zero-order chi connectivity index (χ0) is 11.8. The lowest BCUT2D eigenvalue weighted by Gasteiger charge is -2.26. The first-order valence-electron chi connectivity index (χ1n) is 6.19. The van der Waals surface area contributed by atoms with E-state index in [4.69, 9.17) is 5.73 Å². The molecule has 2 N–H and O–H groups in total. The van der Waals surface area contributed by atoms with Gasteiger partial charge >= 0.3 is 0 Å². The van der Waals surface area contributed by atoms with Crippen molar-refractivity contribution in [1.29, 1.82) is 0 Å². The number of rotatable bonds is 4. The molecule has 0 spiro atoms. The maximum atomic E-state index is 5.98. The minimum Gasteiger partial charge on any atom is -0.329 e. The van der Waals surface area contributed by atoms with Crippen molar-refractivity contribution in [2.45, 2.75) is 24.9 Å². The van der Waals surface area contributed by atoms with Gasteiger partial charge in [0.1, 0.15) is 0 Å². The average Bonchev–Trinajstić information content (AvgIpc) is 3.13. The lowest BCUT2D eigenvalue weighted by molar-refractivity contribution is 0.242. The van der Waals surface area contributed by atoms with Crippen molar-refractivity contribution >= 4 is 21.4 Å². The second-order valence-electron chi connectivity index (χ2n) is 4.84. The van der Waals surface area contributed by atoms with E-state index in [1.165, 1.54) is 28.5 Å². The summed E-state index contributed by atoms with van der Waals surface area (Å²) < 4.78 is 1.37. The van der Waals surface area contributed by atoms with E-state index in [9.17, 15) is 0 Å². The molecular formula is C14H18N2S. The minimum absolute atomic E-state index is 0.374. The third kappa shape index (κ3) is 1.99. The van der Waals surface area contributed by atoms with Gasteiger partial charge in [0.15, 0.2) is 0 Å². The molecular weight excluding hydrogens is 228 g/mol. The quantitative estimate of drug-likeness (QED) is 0.898. The van der Waals surface area contributed by atoms with Crippen molar-refractivity contribution in [3.8, 4) is 0 Å². The molecule has 1 heterocycles. The summed E-state index contributed by atoms with van der Waals surface area (Å²) in [6, 6.07) is 9.74. The van der Waals surface area contributed by atoms with Crippen LogP contribution in [-0.2, 0) is 0 Å². The van der Waals surface area contributed by atoms with Crippen molar-refractivity contribution in [2.24, 2.45) is 5.73 Å². The molecule has 0 amide bonds. The molecule has 1 fully saturated rings. The summed E-state index contributed by atoms with van der Waals surface area (Å²) >= 11 is 1.82. The SMILES string of the molecule is CN(C1CC1)C(CN)c1csc2ccccc12. The predicted molar refractivity (Wildman–Crippen MR) is 74.4 cm³/mol. The van der Waals surface area contributed by atoms with Gasteiger partial charge < -0.3 is 5.73 Å². The number of thiophene rings is 1. The van der Waals surface area contributed by atoms with E-state index in [1.54, 1.807) is 0 Å². The summed E-state index contributed by atoms with van der Waals surface area (Å²) in [5.41, 5.74) is 7.39. The fourth-order valence-electron chi connectivity index (χ4n) is 2.51. The van der Waals surface area contributed by atoms with Crippen LogP contribution in [-0.4, -0.2) is 24.5 Å². The molecule has 0 radical (unpaired) electrons. The lowest BCUT2D eigenvalue weighted by atomic mass is 10.0. The normalized spacial score (nSPS) is 17.8. The molecule has 0 bridgehead atoms. The lowest BCUT2D eigenvalue weighted by Crippen LogP contribution is -2.32. The summed E-state index contributed by atoms with van der Waals surface area (Å²) in [7, 11) is 2.21. The number of hydrogen-bond acceptors (Lipinski definition) is 3. The van der Waals surface area contributed by atoms with Crippen LogP contribution in [0.2, 0.25) is 0 Å². The van der Waals surface area contributed by atoms with Gasteiger partial charge in [-0.15, -0.1) is 11.3 Å². The van der Waals surface area contributed by atoms with Crippen molar-refractivity contribution in [3.63, 3.8) is 0 Å². The average molecular weight is 246 g/mol. The van der Waals surface area contributed by atoms with E-state index in [0.29, 0.717) is 12.6 Å². The molecule has 1 aromatic carbocycles. The third-order valence-electron chi connectivity index (χ3n) is 3.71. The standard InChI is InChI=1S/C14H18N2S/c1-16(10-6-7-10)13(8-15)12-9-17-14-5-3-2-4-11(12)14/h2-5,9-10,13H,6-8,15H2,1H3. The van der Waals surface area contributed by atoms with Gasteiger partial charge in [0, 0.05) is 23.3 Å². The molecule has 0 saturated heterocycles. The van der Waals surface area contributed by atoms with Crippen LogP contribution in [0.4, 0.5) is 0 Å². The largest absolute Gasteiger partial charge is 0.329 e. The highest BCUT2D eigenvalue weighted by atomic mass is 32.1. The van der Waals surface area contributed by atoms with Crippen LogP contribution < -0.4 is 5.73 Å². The third-order valence-corrected chi connectivity index (χ3v) is 4.69. The van der Waals surface area contributed by atoms with Crippen LogP contribution in [0.3, 0.4) is 0 Å². The number of likely N-dealkylation sites (N-methyl/N-ethyl adjacent to an activating group) is 1. The van der Waals surface area contributed by atoms with Gasteiger partial charge in [-0.2, -0.15) is 0 Å². The smallest absolute Gasteiger partial charge is 0.0484 e. The Labute approximate surface area is 106 Å². The van der Waals surface area contributed by atoms with E-state index in [-0.39, 0.29) is 0 Å². The Kier molecular flexibility index (Phi) is 2.90. The van der Waals surface area contributed by atoms with Crippen LogP contribution in [0.5, 0.6) is 0 Å². The first-order valence-corrected chi connectivity index (χ1v) is 7.07. The van der Waals surface area contributed by atoms with E-state index in [0.717, 1.165) is 6.04 Å². The Morgan fingerprint density at radius 3 is 2.88 bits per heavy atom. The number of nitrogens with zero attached hydrogens (tertiary/aromatic N) is 1. The number of benzene rings is 1.